The molecule has 3 N–H and O–H groups in total. The molecule has 0 aliphatic rings. The third-order valence-electron chi connectivity index (χ3n) is 4.16. The highest BCUT2D eigenvalue weighted by Crippen LogP contribution is 2.25. The smallest absolute Gasteiger partial charge is 0.229 e. The molecule has 0 unspecified atom stereocenters. The van der Waals surface area contributed by atoms with Gasteiger partial charge in [-0.1, -0.05) is 6.07 Å². The number of imidazole rings is 1. The van der Waals surface area contributed by atoms with E-state index in [4.69, 9.17) is 15.7 Å². The van der Waals surface area contributed by atoms with Gasteiger partial charge in [0.1, 0.15) is 17.0 Å². The van der Waals surface area contributed by atoms with Crippen molar-refractivity contribution < 1.29 is 4.74 Å². The van der Waals surface area contributed by atoms with E-state index < -0.39 is 0 Å². The minimum atomic E-state index is 0.146. The Labute approximate surface area is 166 Å². The minimum Gasteiger partial charge on any atom is -0.497 e. The molecule has 4 aromatic rings. The Hall–Kier alpha value is -4.26. The van der Waals surface area contributed by atoms with Crippen molar-refractivity contribution in [3.8, 4) is 23.3 Å². The first-order valence-corrected chi connectivity index (χ1v) is 8.78. The summed E-state index contributed by atoms with van der Waals surface area (Å²) in [7, 11) is 1.61. The lowest BCUT2D eigenvalue weighted by Gasteiger charge is -2.08. The highest BCUT2D eigenvalue weighted by atomic mass is 16.5. The summed E-state index contributed by atoms with van der Waals surface area (Å²) in [5.74, 6) is 1.82. The number of rotatable bonds is 6. The van der Waals surface area contributed by atoms with E-state index in [9.17, 15) is 0 Å². The normalized spacial score (nSPS) is 10.6. The van der Waals surface area contributed by atoms with Crippen molar-refractivity contribution in [1.29, 1.82) is 5.26 Å². The van der Waals surface area contributed by atoms with Crippen LogP contribution in [0, 0.1) is 11.3 Å². The number of aromatic nitrogens is 6. The second-order valence-electron chi connectivity index (χ2n) is 6.05. The number of methoxy groups -OCH3 is 1. The van der Waals surface area contributed by atoms with E-state index in [1.54, 1.807) is 25.6 Å². The third kappa shape index (κ3) is 3.74. The van der Waals surface area contributed by atoms with Crippen molar-refractivity contribution in [3.05, 3.63) is 42.7 Å². The number of aryl methyl sites for hydroxylation is 1. The van der Waals surface area contributed by atoms with Gasteiger partial charge in [-0.05, 0) is 18.2 Å². The van der Waals surface area contributed by atoms with Gasteiger partial charge in [0.2, 0.25) is 11.9 Å². The third-order valence-corrected chi connectivity index (χ3v) is 4.16. The summed E-state index contributed by atoms with van der Waals surface area (Å²) in [5.41, 5.74) is 8.23. The zero-order valence-corrected chi connectivity index (χ0v) is 15.6. The van der Waals surface area contributed by atoms with Gasteiger partial charge in [0.05, 0.1) is 25.8 Å². The number of hydrogen-bond acceptors (Lipinski definition) is 9. The average molecular weight is 387 g/mol. The molecule has 4 rings (SSSR count). The summed E-state index contributed by atoms with van der Waals surface area (Å²) in [6, 6.07) is 11.3. The van der Waals surface area contributed by atoms with Gasteiger partial charge in [-0.2, -0.15) is 10.2 Å². The van der Waals surface area contributed by atoms with Crippen molar-refractivity contribution in [2.24, 2.45) is 0 Å². The predicted octanol–water partition coefficient (Wildman–Crippen LogP) is 2.53. The molecule has 29 heavy (non-hydrogen) atoms. The van der Waals surface area contributed by atoms with Crippen molar-refractivity contribution >= 4 is 28.7 Å². The number of nitrogens with zero attached hydrogens (tertiary/aromatic N) is 7. The molecular weight excluding hydrogens is 370 g/mol. The van der Waals surface area contributed by atoms with Gasteiger partial charge in [-0.25, -0.2) is 19.9 Å². The standard InChI is InChI=1S/C19H17N9O/c1-29-13-5-2-4-12(10-13)24-19-23-11-15-17(27-19)28(9-3-7-20)16(25-15)14-6-8-22-18(21)26-14/h2,4-6,8,10-11H,3,9H2,1H3,(H2,21,22,26)(H,23,24,27). The van der Waals surface area contributed by atoms with Gasteiger partial charge in [-0.15, -0.1) is 0 Å². The van der Waals surface area contributed by atoms with E-state index in [1.165, 1.54) is 0 Å². The molecule has 0 radical (unpaired) electrons. The Balaban J connectivity index is 1.77. The first-order valence-electron chi connectivity index (χ1n) is 8.78. The van der Waals surface area contributed by atoms with Crippen LogP contribution >= 0.6 is 0 Å². The van der Waals surface area contributed by atoms with Crippen LogP contribution in [-0.4, -0.2) is 36.6 Å². The zero-order chi connectivity index (χ0) is 20.2. The van der Waals surface area contributed by atoms with E-state index in [-0.39, 0.29) is 5.95 Å². The molecule has 3 heterocycles. The second kappa shape index (κ2) is 7.77. The Morgan fingerprint density at radius 1 is 1.21 bits per heavy atom. The van der Waals surface area contributed by atoms with Crippen molar-refractivity contribution in [1.82, 2.24) is 29.5 Å². The maximum atomic E-state index is 9.06. The molecule has 0 amide bonds. The van der Waals surface area contributed by atoms with E-state index in [0.717, 1.165) is 11.4 Å². The maximum Gasteiger partial charge on any atom is 0.229 e. The number of anilines is 3. The largest absolute Gasteiger partial charge is 0.497 e. The van der Waals surface area contributed by atoms with Gasteiger partial charge in [0.25, 0.3) is 0 Å². The van der Waals surface area contributed by atoms with Crippen LogP contribution in [0.5, 0.6) is 5.75 Å². The van der Waals surface area contributed by atoms with Gasteiger partial charge >= 0.3 is 0 Å². The van der Waals surface area contributed by atoms with Crippen LogP contribution in [0.2, 0.25) is 0 Å². The summed E-state index contributed by atoms with van der Waals surface area (Å²) in [6.07, 6.45) is 3.48. The minimum absolute atomic E-state index is 0.146. The second-order valence-corrected chi connectivity index (χ2v) is 6.05. The molecule has 0 fully saturated rings. The van der Waals surface area contributed by atoms with E-state index in [2.05, 4.69) is 36.3 Å². The molecular formula is C19H17N9O. The number of nitrogens with two attached hydrogens (primary N) is 1. The Morgan fingerprint density at radius 2 is 2.10 bits per heavy atom. The van der Waals surface area contributed by atoms with Gasteiger partial charge in [0.15, 0.2) is 11.5 Å². The first-order chi connectivity index (χ1) is 14.2. The summed E-state index contributed by atoms with van der Waals surface area (Å²) in [5, 5.41) is 12.2. The molecule has 0 spiro atoms. The van der Waals surface area contributed by atoms with Crippen LogP contribution in [0.1, 0.15) is 6.42 Å². The summed E-state index contributed by atoms with van der Waals surface area (Å²) in [6.45, 7) is 0.405. The van der Waals surface area contributed by atoms with E-state index >= 15 is 0 Å². The van der Waals surface area contributed by atoms with Crippen molar-refractivity contribution in [2.45, 2.75) is 13.0 Å². The molecule has 0 saturated heterocycles. The fraction of sp³-hybridized carbons (Fsp3) is 0.158. The molecule has 0 aliphatic heterocycles. The van der Waals surface area contributed by atoms with E-state index in [0.29, 0.717) is 41.6 Å². The number of hydrogen-bond donors (Lipinski definition) is 2. The SMILES string of the molecule is COc1cccc(Nc2ncc3nc(-c4ccnc(N)n4)n(CCC#N)c3n2)c1. The molecule has 144 valence electrons. The Bertz CT molecular complexity index is 1210. The summed E-state index contributed by atoms with van der Waals surface area (Å²) in [4.78, 5) is 21.7. The van der Waals surface area contributed by atoms with Crippen LogP contribution in [0.15, 0.2) is 42.7 Å². The molecule has 3 aromatic heterocycles. The Morgan fingerprint density at radius 3 is 2.90 bits per heavy atom. The lowest BCUT2D eigenvalue weighted by molar-refractivity contribution is 0.415. The van der Waals surface area contributed by atoms with Crippen molar-refractivity contribution in [3.63, 3.8) is 0 Å². The molecule has 0 aliphatic carbocycles. The number of benzene rings is 1. The molecule has 10 heteroatoms. The fourth-order valence-corrected chi connectivity index (χ4v) is 2.88. The highest BCUT2D eigenvalue weighted by molar-refractivity contribution is 5.77. The lowest BCUT2D eigenvalue weighted by Crippen LogP contribution is -2.05. The lowest BCUT2D eigenvalue weighted by atomic mass is 10.3. The van der Waals surface area contributed by atoms with Crippen LogP contribution in [-0.2, 0) is 6.54 Å². The van der Waals surface area contributed by atoms with E-state index in [1.807, 2.05) is 28.8 Å². The monoisotopic (exact) mass is 387 g/mol. The average Bonchev–Trinajstić information content (AvgIpc) is 3.10. The number of ether oxygens (including phenoxy) is 1. The molecule has 0 atom stereocenters. The number of nitrogen functional groups attached to an aromatic ring is 1. The summed E-state index contributed by atoms with van der Waals surface area (Å²) >= 11 is 0. The van der Waals surface area contributed by atoms with Gasteiger partial charge < -0.3 is 20.4 Å². The van der Waals surface area contributed by atoms with Gasteiger partial charge in [0, 0.05) is 24.5 Å². The quantitative estimate of drug-likeness (QED) is 0.510. The van der Waals surface area contributed by atoms with Crippen LogP contribution in [0.25, 0.3) is 22.7 Å². The van der Waals surface area contributed by atoms with Crippen LogP contribution in [0.4, 0.5) is 17.6 Å². The molecule has 0 saturated carbocycles. The van der Waals surface area contributed by atoms with Gasteiger partial charge in [-0.3, -0.25) is 0 Å². The first kappa shape index (κ1) is 18.1. The maximum absolute atomic E-state index is 9.06. The molecule has 0 bridgehead atoms. The van der Waals surface area contributed by atoms with Crippen LogP contribution in [0.3, 0.4) is 0 Å². The molecule has 10 nitrogen and oxygen atoms in total. The number of nitriles is 1. The summed E-state index contributed by atoms with van der Waals surface area (Å²) < 4.78 is 7.07. The van der Waals surface area contributed by atoms with Crippen molar-refractivity contribution in [2.75, 3.05) is 18.2 Å². The highest BCUT2D eigenvalue weighted by Gasteiger charge is 2.16. The Kier molecular flexibility index (Phi) is 4.86. The topological polar surface area (TPSA) is 140 Å². The zero-order valence-electron chi connectivity index (χ0n) is 15.6. The molecule has 1 aromatic carbocycles. The fourth-order valence-electron chi connectivity index (χ4n) is 2.88. The predicted molar refractivity (Wildman–Crippen MR) is 107 cm³/mol. The number of nitrogens with one attached hydrogen (secondary N) is 1. The number of fused-ring (bicyclic) bond motifs is 1. The van der Waals surface area contributed by atoms with Crippen LogP contribution < -0.4 is 15.8 Å².